The molecule has 144 valence electrons. The van der Waals surface area contributed by atoms with E-state index in [1.807, 2.05) is 78.9 Å². The molecule has 1 N–H and O–H groups in total. The topological polar surface area (TPSA) is 64.1 Å². The van der Waals surface area contributed by atoms with Crippen molar-refractivity contribution in [2.45, 2.75) is 19.6 Å². The van der Waals surface area contributed by atoms with E-state index in [9.17, 15) is 4.79 Å². The van der Waals surface area contributed by atoms with Gasteiger partial charge in [-0.1, -0.05) is 42.5 Å². The molecule has 4 rings (SSSR count). The molecular formula is C24H21N3O2. The second-order valence-corrected chi connectivity index (χ2v) is 6.73. The lowest BCUT2D eigenvalue weighted by atomic mass is 10.1. The number of aromatic nitrogens is 2. The Kier molecular flexibility index (Phi) is 5.47. The first-order valence-electron chi connectivity index (χ1n) is 9.49. The van der Waals surface area contributed by atoms with E-state index in [1.54, 1.807) is 13.1 Å². The van der Waals surface area contributed by atoms with Gasteiger partial charge in [0.25, 0.3) is 5.91 Å². The third kappa shape index (κ3) is 4.58. The Morgan fingerprint density at radius 1 is 0.931 bits per heavy atom. The molecule has 1 amide bonds. The maximum Gasteiger partial charge on any atom is 0.261 e. The molecule has 0 fully saturated rings. The Morgan fingerprint density at radius 3 is 2.38 bits per heavy atom. The number of fused-ring (bicyclic) bond motifs is 1. The predicted octanol–water partition coefficient (Wildman–Crippen LogP) is 4.38. The number of carbonyl (C=O) groups is 1. The number of benzene rings is 3. The van der Waals surface area contributed by atoms with E-state index >= 15 is 0 Å². The van der Waals surface area contributed by atoms with Crippen molar-refractivity contribution < 1.29 is 9.53 Å². The minimum Gasteiger partial charge on any atom is -0.481 e. The molecule has 4 aromatic rings. The normalized spacial score (nSPS) is 11.8. The lowest BCUT2D eigenvalue weighted by Gasteiger charge is -2.15. The van der Waals surface area contributed by atoms with Crippen LogP contribution in [-0.2, 0) is 11.3 Å². The molecule has 0 saturated heterocycles. The van der Waals surface area contributed by atoms with Crippen LogP contribution in [0.2, 0.25) is 0 Å². The van der Waals surface area contributed by atoms with E-state index in [0.29, 0.717) is 12.3 Å². The quantitative estimate of drug-likeness (QED) is 0.537. The van der Waals surface area contributed by atoms with Crippen molar-refractivity contribution in [2.24, 2.45) is 0 Å². The molecule has 0 bridgehead atoms. The van der Waals surface area contributed by atoms with Gasteiger partial charge in [0.05, 0.1) is 22.9 Å². The number of rotatable bonds is 6. The van der Waals surface area contributed by atoms with Crippen LogP contribution in [0.1, 0.15) is 12.5 Å². The van der Waals surface area contributed by atoms with Crippen molar-refractivity contribution in [3.63, 3.8) is 0 Å². The summed E-state index contributed by atoms with van der Waals surface area (Å²) in [6.07, 6.45) is 1.17. The number of para-hydroxylation sites is 2. The minimum absolute atomic E-state index is 0.154. The smallest absolute Gasteiger partial charge is 0.261 e. The highest BCUT2D eigenvalue weighted by Crippen LogP contribution is 2.22. The van der Waals surface area contributed by atoms with Crippen molar-refractivity contribution >= 4 is 16.9 Å². The van der Waals surface area contributed by atoms with Crippen molar-refractivity contribution in [3.05, 3.63) is 90.6 Å². The van der Waals surface area contributed by atoms with Crippen LogP contribution in [0.4, 0.5) is 0 Å². The van der Waals surface area contributed by atoms with Crippen LogP contribution in [0.25, 0.3) is 22.3 Å². The third-order valence-electron chi connectivity index (χ3n) is 4.59. The molecule has 5 heteroatoms. The Balaban J connectivity index is 1.38. The van der Waals surface area contributed by atoms with Gasteiger partial charge in [-0.15, -0.1) is 0 Å². The highest BCUT2D eigenvalue weighted by atomic mass is 16.5. The van der Waals surface area contributed by atoms with Crippen molar-refractivity contribution in [1.29, 1.82) is 0 Å². The molecule has 1 atom stereocenters. The van der Waals surface area contributed by atoms with Crippen LogP contribution in [0.5, 0.6) is 5.75 Å². The number of ether oxygens (including phenoxy) is 1. The van der Waals surface area contributed by atoms with Gasteiger partial charge in [0.1, 0.15) is 5.75 Å². The van der Waals surface area contributed by atoms with E-state index in [2.05, 4.69) is 15.3 Å². The molecule has 0 spiro atoms. The van der Waals surface area contributed by atoms with Crippen molar-refractivity contribution in [2.75, 3.05) is 0 Å². The molecule has 0 saturated carbocycles. The van der Waals surface area contributed by atoms with E-state index in [4.69, 9.17) is 4.74 Å². The summed E-state index contributed by atoms with van der Waals surface area (Å²) < 4.78 is 5.78. The van der Waals surface area contributed by atoms with Crippen LogP contribution < -0.4 is 10.1 Å². The summed E-state index contributed by atoms with van der Waals surface area (Å²) in [4.78, 5) is 21.4. The summed E-state index contributed by atoms with van der Waals surface area (Å²) in [6, 6.07) is 25.1. The molecule has 5 nitrogen and oxygen atoms in total. The van der Waals surface area contributed by atoms with Gasteiger partial charge >= 0.3 is 0 Å². The lowest BCUT2D eigenvalue weighted by Crippen LogP contribution is -2.35. The van der Waals surface area contributed by atoms with Gasteiger partial charge in [-0.3, -0.25) is 9.78 Å². The Morgan fingerprint density at radius 2 is 1.62 bits per heavy atom. The molecule has 0 aliphatic carbocycles. The van der Waals surface area contributed by atoms with Gasteiger partial charge in [0.15, 0.2) is 6.10 Å². The zero-order chi connectivity index (χ0) is 20.1. The first-order chi connectivity index (χ1) is 14.2. The van der Waals surface area contributed by atoms with Crippen LogP contribution in [0.3, 0.4) is 0 Å². The number of nitrogens with zero attached hydrogens (tertiary/aromatic N) is 2. The molecule has 1 aromatic heterocycles. The van der Waals surface area contributed by atoms with Gasteiger partial charge in [-0.05, 0) is 48.9 Å². The summed E-state index contributed by atoms with van der Waals surface area (Å²) in [5, 5.41) is 2.89. The number of nitrogens with one attached hydrogen (secondary N) is 1. The molecule has 0 aliphatic rings. The highest BCUT2D eigenvalue weighted by Gasteiger charge is 2.14. The second kappa shape index (κ2) is 8.52. The van der Waals surface area contributed by atoms with E-state index in [1.165, 1.54) is 0 Å². The van der Waals surface area contributed by atoms with Gasteiger partial charge < -0.3 is 10.1 Å². The lowest BCUT2D eigenvalue weighted by molar-refractivity contribution is -0.127. The molecule has 3 aromatic carbocycles. The van der Waals surface area contributed by atoms with E-state index in [-0.39, 0.29) is 5.91 Å². The summed E-state index contributed by atoms with van der Waals surface area (Å²) >= 11 is 0. The number of hydrogen-bond donors (Lipinski definition) is 1. The number of hydrogen-bond acceptors (Lipinski definition) is 4. The van der Waals surface area contributed by atoms with Gasteiger partial charge in [-0.25, -0.2) is 4.98 Å². The zero-order valence-electron chi connectivity index (χ0n) is 16.1. The van der Waals surface area contributed by atoms with Gasteiger partial charge in [0.2, 0.25) is 0 Å². The summed E-state index contributed by atoms with van der Waals surface area (Å²) in [5.74, 6) is 0.475. The molecule has 0 aliphatic heterocycles. The van der Waals surface area contributed by atoms with Crippen molar-refractivity contribution in [1.82, 2.24) is 15.3 Å². The van der Waals surface area contributed by atoms with Gasteiger partial charge in [0, 0.05) is 12.1 Å². The van der Waals surface area contributed by atoms with E-state index in [0.717, 1.165) is 27.9 Å². The number of carbonyl (C=O) groups excluding carboxylic acids is 1. The average molecular weight is 383 g/mol. The van der Waals surface area contributed by atoms with Crippen LogP contribution in [0, 0.1) is 0 Å². The predicted molar refractivity (Wildman–Crippen MR) is 113 cm³/mol. The largest absolute Gasteiger partial charge is 0.481 e. The summed E-state index contributed by atoms with van der Waals surface area (Å²) in [7, 11) is 0. The Labute approximate surface area is 169 Å². The molecule has 29 heavy (non-hydrogen) atoms. The fourth-order valence-electron chi connectivity index (χ4n) is 2.99. The second-order valence-electron chi connectivity index (χ2n) is 6.73. The standard InChI is InChI=1S/C24H21N3O2/c1-17(24(28)26-15-18-7-3-2-4-8-18)29-20-13-11-19(12-14-20)23-16-25-21-9-5-6-10-22(21)27-23/h2-14,16-17H,15H2,1H3,(H,26,28)/t17-/m0/s1. The maximum absolute atomic E-state index is 12.3. The zero-order valence-corrected chi connectivity index (χ0v) is 16.1. The molecule has 0 unspecified atom stereocenters. The highest BCUT2D eigenvalue weighted by molar-refractivity contribution is 5.80. The Hall–Kier alpha value is -3.73. The first kappa shape index (κ1) is 18.6. The monoisotopic (exact) mass is 383 g/mol. The van der Waals surface area contributed by atoms with Crippen LogP contribution in [-0.4, -0.2) is 22.0 Å². The SMILES string of the molecule is C[C@H](Oc1ccc(-c2cnc3ccccc3n2)cc1)C(=O)NCc1ccccc1. The summed E-state index contributed by atoms with van der Waals surface area (Å²) in [6.45, 7) is 2.22. The third-order valence-corrected chi connectivity index (χ3v) is 4.59. The van der Waals surface area contributed by atoms with Crippen molar-refractivity contribution in [3.8, 4) is 17.0 Å². The molecular weight excluding hydrogens is 362 g/mol. The van der Waals surface area contributed by atoms with Crippen LogP contribution >= 0.6 is 0 Å². The first-order valence-corrected chi connectivity index (χ1v) is 9.49. The summed E-state index contributed by atoms with van der Waals surface area (Å²) in [5.41, 5.74) is 4.51. The van der Waals surface area contributed by atoms with Gasteiger partial charge in [-0.2, -0.15) is 0 Å². The average Bonchev–Trinajstić information content (AvgIpc) is 2.78. The van der Waals surface area contributed by atoms with Crippen LogP contribution in [0.15, 0.2) is 85.1 Å². The minimum atomic E-state index is -0.593. The fraction of sp³-hybridized carbons (Fsp3) is 0.125. The Bertz CT molecular complexity index is 1110. The maximum atomic E-state index is 12.3. The fourth-order valence-corrected chi connectivity index (χ4v) is 2.99. The molecule has 0 radical (unpaired) electrons. The molecule has 1 heterocycles. The van der Waals surface area contributed by atoms with E-state index < -0.39 is 6.10 Å². The number of amides is 1.